The maximum atomic E-state index is 12.2. The van der Waals surface area contributed by atoms with E-state index in [0.29, 0.717) is 11.7 Å². The van der Waals surface area contributed by atoms with Crippen molar-refractivity contribution in [3.63, 3.8) is 0 Å². The largest absolute Gasteiger partial charge is 0.357 e. The molecule has 0 unspecified atom stereocenters. The van der Waals surface area contributed by atoms with E-state index in [1.54, 1.807) is 6.20 Å². The van der Waals surface area contributed by atoms with Gasteiger partial charge in [0.15, 0.2) is 0 Å². The smallest absolute Gasteiger partial charge is 0.270 e. The Balaban J connectivity index is 1.97. The summed E-state index contributed by atoms with van der Waals surface area (Å²) in [4.78, 5) is 19.4. The fourth-order valence-electron chi connectivity index (χ4n) is 2.43. The Bertz CT molecular complexity index is 359. The summed E-state index contributed by atoms with van der Waals surface area (Å²) in [5, 5.41) is 0. The number of carbonyl (C=O) groups excluding carboxylic acids is 1. The van der Waals surface area contributed by atoms with Gasteiger partial charge in [-0.25, -0.2) is 0 Å². The Morgan fingerprint density at radius 2 is 2.24 bits per heavy atom. The molecule has 4 nitrogen and oxygen atoms in total. The van der Waals surface area contributed by atoms with Crippen molar-refractivity contribution in [3.05, 3.63) is 24.0 Å². The molecule has 1 atom stereocenters. The van der Waals surface area contributed by atoms with Crippen LogP contribution in [0, 0.1) is 0 Å². The van der Waals surface area contributed by atoms with Gasteiger partial charge in [0.1, 0.15) is 5.69 Å². The van der Waals surface area contributed by atoms with Crippen LogP contribution in [0.25, 0.3) is 0 Å². The molecule has 0 radical (unpaired) electrons. The second kappa shape index (κ2) is 5.36. The normalized spacial score (nSPS) is 21.6. The first-order chi connectivity index (χ1) is 8.18. The predicted octanol–water partition coefficient (Wildman–Crippen LogP) is 1.57. The van der Waals surface area contributed by atoms with Crippen molar-refractivity contribution < 1.29 is 4.79 Å². The van der Waals surface area contributed by atoms with Crippen molar-refractivity contribution >= 4 is 5.91 Å². The van der Waals surface area contributed by atoms with Gasteiger partial charge in [-0.2, -0.15) is 0 Å². The first kappa shape index (κ1) is 12.2. The average Bonchev–Trinajstić information content (AvgIpc) is 2.71. The van der Waals surface area contributed by atoms with E-state index in [2.05, 4.69) is 24.0 Å². The standard InChI is InChI=1S/C13H21N3O/c1-15(2)11-5-4-9-16(10-7-11)13(17)12-6-3-8-14-12/h3,6,8,11,14H,4-5,7,9-10H2,1-2H3/t11-/m0/s1. The third-order valence-corrected chi connectivity index (χ3v) is 3.54. The van der Waals surface area contributed by atoms with Gasteiger partial charge >= 0.3 is 0 Å². The third-order valence-electron chi connectivity index (χ3n) is 3.54. The number of rotatable bonds is 2. The van der Waals surface area contributed by atoms with Crippen LogP contribution in [0.1, 0.15) is 29.8 Å². The van der Waals surface area contributed by atoms with E-state index in [-0.39, 0.29) is 5.91 Å². The molecular formula is C13H21N3O. The number of amides is 1. The van der Waals surface area contributed by atoms with Crippen LogP contribution >= 0.6 is 0 Å². The van der Waals surface area contributed by atoms with Crippen LogP contribution in [0.5, 0.6) is 0 Å². The van der Waals surface area contributed by atoms with Crippen LogP contribution in [0.4, 0.5) is 0 Å². The minimum Gasteiger partial charge on any atom is -0.357 e. The Morgan fingerprint density at radius 3 is 2.88 bits per heavy atom. The first-order valence-corrected chi connectivity index (χ1v) is 6.27. The molecule has 0 aromatic carbocycles. The highest BCUT2D eigenvalue weighted by Crippen LogP contribution is 2.16. The zero-order chi connectivity index (χ0) is 12.3. The quantitative estimate of drug-likeness (QED) is 0.845. The van der Waals surface area contributed by atoms with E-state index in [9.17, 15) is 4.79 Å². The lowest BCUT2D eigenvalue weighted by Gasteiger charge is -2.23. The number of hydrogen-bond acceptors (Lipinski definition) is 2. The van der Waals surface area contributed by atoms with Crippen molar-refractivity contribution in [3.8, 4) is 0 Å². The minimum atomic E-state index is 0.134. The Kier molecular flexibility index (Phi) is 3.84. The fourth-order valence-corrected chi connectivity index (χ4v) is 2.43. The van der Waals surface area contributed by atoms with Gasteiger partial charge in [-0.1, -0.05) is 0 Å². The van der Waals surface area contributed by atoms with Gasteiger partial charge in [-0.3, -0.25) is 4.79 Å². The van der Waals surface area contributed by atoms with Gasteiger partial charge in [0.2, 0.25) is 0 Å². The Morgan fingerprint density at radius 1 is 1.41 bits per heavy atom. The van der Waals surface area contributed by atoms with Crippen LogP contribution in [-0.2, 0) is 0 Å². The lowest BCUT2D eigenvalue weighted by Crippen LogP contribution is -2.33. The van der Waals surface area contributed by atoms with Crippen molar-refractivity contribution in [2.75, 3.05) is 27.2 Å². The zero-order valence-corrected chi connectivity index (χ0v) is 10.6. The lowest BCUT2D eigenvalue weighted by molar-refractivity contribution is 0.0753. The SMILES string of the molecule is CN(C)[C@H]1CCCN(C(=O)c2ccc[nH]2)CC1. The van der Waals surface area contributed by atoms with Crippen molar-refractivity contribution in [1.82, 2.24) is 14.8 Å². The maximum absolute atomic E-state index is 12.2. The van der Waals surface area contributed by atoms with E-state index < -0.39 is 0 Å². The van der Waals surface area contributed by atoms with Crippen LogP contribution in [0.15, 0.2) is 18.3 Å². The molecule has 1 aromatic heterocycles. The fraction of sp³-hybridized carbons (Fsp3) is 0.615. The molecular weight excluding hydrogens is 214 g/mol. The summed E-state index contributed by atoms with van der Waals surface area (Å²) < 4.78 is 0. The summed E-state index contributed by atoms with van der Waals surface area (Å²) in [5.41, 5.74) is 0.702. The molecule has 0 spiro atoms. The molecule has 17 heavy (non-hydrogen) atoms. The molecule has 1 N–H and O–H groups in total. The number of aromatic nitrogens is 1. The lowest BCUT2D eigenvalue weighted by atomic mass is 10.1. The number of H-pyrrole nitrogens is 1. The van der Waals surface area contributed by atoms with Gasteiger partial charge in [0, 0.05) is 25.3 Å². The number of aromatic amines is 1. The second-order valence-electron chi connectivity index (χ2n) is 4.92. The Hall–Kier alpha value is -1.29. The molecule has 1 fully saturated rings. The summed E-state index contributed by atoms with van der Waals surface area (Å²) >= 11 is 0. The molecule has 2 heterocycles. The first-order valence-electron chi connectivity index (χ1n) is 6.27. The predicted molar refractivity (Wildman–Crippen MR) is 68.0 cm³/mol. The summed E-state index contributed by atoms with van der Waals surface area (Å²) in [6, 6.07) is 4.32. The van der Waals surface area contributed by atoms with Crippen molar-refractivity contribution in [1.29, 1.82) is 0 Å². The highest BCUT2D eigenvalue weighted by atomic mass is 16.2. The van der Waals surface area contributed by atoms with E-state index in [4.69, 9.17) is 0 Å². The molecule has 1 aliphatic rings. The molecule has 1 aromatic rings. The van der Waals surface area contributed by atoms with E-state index in [1.807, 2.05) is 17.0 Å². The van der Waals surface area contributed by atoms with E-state index >= 15 is 0 Å². The van der Waals surface area contributed by atoms with E-state index in [1.165, 1.54) is 6.42 Å². The monoisotopic (exact) mass is 235 g/mol. The highest BCUT2D eigenvalue weighted by molar-refractivity contribution is 5.92. The maximum Gasteiger partial charge on any atom is 0.270 e. The van der Waals surface area contributed by atoms with Gasteiger partial charge in [0.25, 0.3) is 5.91 Å². The van der Waals surface area contributed by atoms with Crippen molar-refractivity contribution in [2.24, 2.45) is 0 Å². The summed E-state index contributed by atoms with van der Waals surface area (Å²) in [6.45, 7) is 1.74. The molecule has 1 aliphatic heterocycles. The van der Waals surface area contributed by atoms with Crippen LogP contribution < -0.4 is 0 Å². The van der Waals surface area contributed by atoms with Crippen molar-refractivity contribution in [2.45, 2.75) is 25.3 Å². The van der Waals surface area contributed by atoms with Crippen LogP contribution in [0.3, 0.4) is 0 Å². The molecule has 0 aliphatic carbocycles. The molecule has 1 saturated heterocycles. The number of nitrogens with one attached hydrogen (secondary N) is 1. The van der Waals surface area contributed by atoms with E-state index in [0.717, 1.165) is 25.9 Å². The van der Waals surface area contributed by atoms with Crippen LogP contribution in [-0.4, -0.2) is 53.9 Å². The second-order valence-corrected chi connectivity index (χ2v) is 4.92. The zero-order valence-electron chi connectivity index (χ0n) is 10.6. The van der Waals surface area contributed by atoms with Gasteiger partial charge < -0.3 is 14.8 Å². The Labute approximate surface area is 103 Å². The highest BCUT2D eigenvalue weighted by Gasteiger charge is 2.22. The third kappa shape index (κ3) is 2.88. The average molecular weight is 235 g/mol. The molecule has 0 bridgehead atoms. The number of likely N-dealkylation sites (tertiary alicyclic amines) is 1. The summed E-state index contributed by atoms with van der Waals surface area (Å²) in [7, 11) is 4.24. The molecule has 1 amide bonds. The molecule has 0 saturated carbocycles. The minimum absolute atomic E-state index is 0.134. The number of nitrogens with zero attached hydrogens (tertiary/aromatic N) is 2. The molecule has 94 valence electrons. The summed E-state index contributed by atoms with van der Waals surface area (Å²) in [5.74, 6) is 0.134. The topological polar surface area (TPSA) is 39.3 Å². The number of hydrogen-bond donors (Lipinski definition) is 1. The molecule has 4 heteroatoms. The molecule has 2 rings (SSSR count). The number of carbonyl (C=O) groups is 1. The van der Waals surface area contributed by atoms with Crippen LogP contribution in [0.2, 0.25) is 0 Å². The van der Waals surface area contributed by atoms with Gasteiger partial charge in [0.05, 0.1) is 0 Å². The summed E-state index contributed by atoms with van der Waals surface area (Å²) in [6.07, 6.45) is 5.14. The van der Waals surface area contributed by atoms with Gasteiger partial charge in [-0.05, 0) is 45.5 Å². The van der Waals surface area contributed by atoms with Gasteiger partial charge in [-0.15, -0.1) is 0 Å².